The summed E-state index contributed by atoms with van der Waals surface area (Å²) in [5.41, 5.74) is 0.991. The molecule has 122 valence electrons. The van der Waals surface area contributed by atoms with E-state index in [1.807, 2.05) is 6.07 Å². The normalized spacial score (nSPS) is 12.4. The highest BCUT2D eigenvalue weighted by atomic mass is 16.7. The maximum atomic E-state index is 12.5. The Morgan fingerprint density at radius 2 is 1.67 bits per heavy atom. The molecule has 0 saturated carbocycles. The van der Waals surface area contributed by atoms with Crippen molar-refractivity contribution in [3.8, 4) is 34.3 Å². The fraction of sp³-hybridized carbons (Fsp3) is 0.167. The highest BCUT2D eigenvalue weighted by molar-refractivity contribution is 5.82. The van der Waals surface area contributed by atoms with Crippen molar-refractivity contribution in [3.05, 3.63) is 46.6 Å². The molecule has 2 heterocycles. The summed E-state index contributed by atoms with van der Waals surface area (Å²) in [6.07, 6.45) is 0. The Kier molecular flexibility index (Phi) is 3.30. The van der Waals surface area contributed by atoms with Crippen LogP contribution in [0.15, 0.2) is 45.6 Å². The molecule has 4 rings (SSSR count). The molecule has 0 radical (unpaired) electrons. The molecule has 24 heavy (non-hydrogen) atoms. The summed E-state index contributed by atoms with van der Waals surface area (Å²) in [4.78, 5) is 12.5. The van der Waals surface area contributed by atoms with Crippen molar-refractivity contribution < 1.29 is 23.4 Å². The lowest BCUT2D eigenvalue weighted by Crippen LogP contribution is -2.02. The van der Waals surface area contributed by atoms with Crippen LogP contribution >= 0.6 is 0 Å². The molecule has 0 amide bonds. The molecule has 0 fully saturated rings. The first-order valence-corrected chi connectivity index (χ1v) is 7.29. The molecule has 0 unspecified atom stereocenters. The van der Waals surface area contributed by atoms with E-state index in [-0.39, 0.29) is 12.2 Å². The second-order valence-corrected chi connectivity index (χ2v) is 5.25. The minimum Gasteiger partial charge on any atom is -0.493 e. The predicted molar refractivity (Wildman–Crippen MR) is 87.1 cm³/mol. The van der Waals surface area contributed by atoms with Crippen molar-refractivity contribution in [2.75, 3.05) is 21.0 Å². The second-order valence-electron chi connectivity index (χ2n) is 5.25. The molecule has 1 aliphatic heterocycles. The number of hydrogen-bond donors (Lipinski definition) is 0. The van der Waals surface area contributed by atoms with Gasteiger partial charge in [0.05, 0.1) is 19.6 Å². The molecule has 6 nitrogen and oxygen atoms in total. The van der Waals surface area contributed by atoms with Crippen LogP contribution in [0.25, 0.3) is 22.3 Å². The molecular weight excluding hydrogens is 312 g/mol. The zero-order valence-corrected chi connectivity index (χ0v) is 13.1. The molecule has 0 bridgehead atoms. The highest BCUT2D eigenvalue weighted by Crippen LogP contribution is 2.37. The van der Waals surface area contributed by atoms with E-state index < -0.39 is 0 Å². The molecular formula is C18H14O6. The van der Waals surface area contributed by atoms with E-state index in [2.05, 4.69) is 0 Å². The van der Waals surface area contributed by atoms with E-state index in [1.54, 1.807) is 24.3 Å². The maximum absolute atomic E-state index is 12.5. The van der Waals surface area contributed by atoms with Crippen LogP contribution in [0.4, 0.5) is 0 Å². The van der Waals surface area contributed by atoms with Gasteiger partial charge in [0.15, 0.2) is 28.4 Å². The number of benzene rings is 2. The third-order valence-corrected chi connectivity index (χ3v) is 3.89. The van der Waals surface area contributed by atoms with Gasteiger partial charge in [0.2, 0.25) is 6.79 Å². The molecule has 0 N–H and O–H groups in total. The number of hydrogen-bond acceptors (Lipinski definition) is 6. The molecule has 6 heteroatoms. The van der Waals surface area contributed by atoms with E-state index in [0.29, 0.717) is 39.7 Å². The zero-order valence-electron chi connectivity index (χ0n) is 13.1. The fourth-order valence-electron chi connectivity index (χ4n) is 2.67. The lowest BCUT2D eigenvalue weighted by atomic mass is 10.1. The Labute approximate surface area is 137 Å². The molecule has 2 aromatic carbocycles. The SMILES string of the molecule is COc1cc2oc(-c3ccc4c(c3)OCO4)cc(=O)c2cc1OC. The van der Waals surface area contributed by atoms with Crippen molar-refractivity contribution in [2.24, 2.45) is 0 Å². The van der Waals surface area contributed by atoms with Gasteiger partial charge in [-0.15, -0.1) is 0 Å². The molecule has 1 aromatic heterocycles. The third kappa shape index (κ3) is 2.23. The molecule has 0 spiro atoms. The summed E-state index contributed by atoms with van der Waals surface area (Å²) in [5.74, 6) is 2.72. The average molecular weight is 326 g/mol. The first kappa shape index (κ1) is 14.4. The maximum Gasteiger partial charge on any atom is 0.231 e. The number of methoxy groups -OCH3 is 2. The smallest absolute Gasteiger partial charge is 0.231 e. The van der Waals surface area contributed by atoms with Crippen molar-refractivity contribution in [1.29, 1.82) is 0 Å². The van der Waals surface area contributed by atoms with E-state index in [9.17, 15) is 4.79 Å². The van der Waals surface area contributed by atoms with Crippen molar-refractivity contribution in [3.63, 3.8) is 0 Å². The number of ether oxygens (including phenoxy) is 4. The van der Waals surface area contributed by atoms with Crippen molar-refractivity contribution in [1.82, 2.24) is 0 Å². The minimum absolute atomic E-state index is 0.162. The van der Waals surface area contributed by atoms with Crippen LogP contribution in [0.1, 0.15) is 0 Å². The monoisotopic (exact) mass is 326 g/mol. The van der Waals surface area contributed by atoms with Crippen molar-refractivity contribution in [2.45, 2.75) is 0 Å². The summed E-state index contributed by atoms with van der Waals surface area (Å²) >= 11 is 0. The quantitative estimate of drug-likeness (QED) is 0.736. The molecule has 0 saturated heterocycles. The van der Waals surface area contributed by atoms with E-state index >= 15 is 0 Å². The largest absolute Gasteiger partial charge is 0.493 e. The van der Waals surface area contributed by atoms with Crippen LogP contribution in [0, 0.1) is 0 Å². The lowest BCUT2D eigenvalue weighted by Gasteiger charge is -2.09. The molecule has 1 aliphatic rings. The van der Waals surface area contributed by atoms with Crippen LogP contribution in [0.5, 0.6) is 23.0 Å². The average Bonchev–Trinajstić information content (AvgIpc) is 3.08. The topological polar surface area (TPSA) is 67.1 Å². The summed E-state index contributed by atoms with van der Waals surface area (Å²) in [5, 5.41) is 0.428. The summed E-state index contributed by atoms with van der Waals surface area (Å²) in [7, 11) is 3.05. The highest BCUT2D eigenvalue weighted by Gasteiger charge is 2.16. The third-order valence-electron chi connectivity index (χ3n) is 3.89. The Bertz CT molecular complexity index is 989. The number of fused-ring (bicyclic) bond motifs is 2. The van der Waals surface area contributed by atoms with Gasteiger partial charge >= 0.3 is 0 Å². The van der Waals surface area contributed by atoms with Gasteiger partial charge in [0, 0.05) is 17.7 Å². The van der Waals surface area contributed by atoms with Gasteiger partial charge in [-0.3, -0.25) is 4.79 Å². The second kappa shape index (κ2) is 5.49. The van der Waals surface area contributed by atoms with E-state index in [1.165, 1.54) is 20.3 Å². The predicted octanol–water partition coefficient (Wildman–Crippen LogP) is 3.21. The van der Waals surface area contributed by atoms with Gasteiger partial charge in [-0.05, 0) is 24.3 Å². The standard InChI is InChI=1S/C18H14O6/c1-20-16-6-11-12(19)7-14(24-15(11)8-17(16)21-2)10-3-4-13-18(5-10)23-9-22-13/h3-8H,9H2,1-2H3. The van der Waals surface area contributed by atoms with Crippen LogP contribution in [-0.4, -0.2) is 21.0 Å². The number of rotatable bonds is 3. The molecule has 0 aliphatic carbocycles. The van der Waals surface area contributed by atoms with E-state index in [0.717, 1.165) is 5.56 Å². The van der Waals surface area contributed by atoms with Crippen molar-refractivity contribution >= 4 is 11.0 Å². The molecule has 0 atom stereocenters. The molecule has 3 aromatic rings. The van der Waals surface area contributed by atoms with Gasteiger partial charge in [-0.1, -0.05) is 0 Å². The summed E-state index contributed by atoms with van der Waals surface area (Å²) < 4.78 is 27.1. The van der Waals surface area contributed by atoms with Crippen LogP contribution in [0.2, 0.25) is 0 Å². The Balaban J connectivity index is 1.89. The first-order chi connectivity index (χ1) is 11.7. The van der Waals surface area contributed by atoms with Crippen LogP contribution in [0.3, 0.4) is 0 Å². The zero-order chi connectivity index (χ0) is 16.7. The van der Waals surface area contributed by atoms with Crippen LogP contribution in [-0.2, 0) is 0 Å². The van der Waals surface area contributed by atoms with Gasteiger partial charge in [-0.25, -0.2) is 0 Å². The van der Waals surface area contributed by atoms with Gasteiger partial charge in [-0.2, -0.15) is 0 Å². The lowest BCUT2D eigenvalue weighted by molar-refractivity contribution is 0.174. The fourth-order valence-corrected chi connectivity index (χ4v) is 2.67. The van der Waals surface area contributed by atoms with E-state index in [4.69, 9.17) is 23.4 Å². The van der Waals surface area contributed by atoms with Gasteiger partial charge < -0.3 is 23.4 Å². The Morgan fingerprint density at radius 1 is 0.917 bits per heavy atom. The Morgan fingerprint density at radius 3 is 2.46 bits per heavy atom. The first-order valence-electron chi connectivity index (χ1n) is 7.29. The minimum atomic E-state index is -0.162. The Hall–Kier alpha value is -3.15. The summed E-state index contributed by atoms with van der Waals surface area (Å²) in [6.45, 7) is 0.192. The van der Waals surface area contributed by atoms with Crippen LogP contribution < -0.4 is 24.4 Å². The van der Waals surface area contributed by atoms with Gasteiger partial charge in [0.1, 0.15) is 11.3 Å². The van der Waals surface area contributed by atoms with Gasteiger partial charge in [0.25, 0.3) is 0 Å². The summed E-state index contributed by atoms with van der Waals surface area (Å²) in [6, 6.07) is 10.1.